The Morgan fingerprint density at radius 1 is 1.24 bits per heavy atom. The van der Waals surface area contributed by atoms with E-state index in [-0.39, 0.29) is 0 Å². The minimum absolute atomic E-state index is 0.513. The topological polar surface area (TPSA) is 61.8 Å². The van der Waals surface area contributed by atoms with Crippen molar-refractivity contribution in [1.82, 2.24) is 10.4 Å². The highest BCUT2D eigenvalue weighted by Crippen LogP contribution is 2.33. The molecule has 0 aromatic heterocycles. The predicted octanol–water partition coefficient (Wildman–Crippen LogP) is 3.16. The van der Waals surface area contributed by atoms with Gasteiger partial charge in [0.2, 0.25) is 0 Å². The summed E-state index contributed by atoms with van der Waals surface area (Å²) in [5.41, 5.74) is 3.91. The van der Waals surface area contributed by atoms with Gasteiger partial charge in [-0.1, -0.05) is 24.3 Å². The van der Waals surface area contributed by atoms with E-state index in [0.717, 1.165) is 24.7 Å². The maximum absolute atomic E-state index is 11.0. The molecule has 2 saturated heterocycles. The van der Waals surface area contributed by atoms with Crippen molar-refractivity contribution in [3.8, 4) is 0 Å². The highest BCUT2D eigenvalue weighted by atomic mass is 16.5. The highest BCUT2D eigenvalue weighted by Gasteiger charge is 2.26. The molecule has 3 rings (SSSR count). The van der Waals surface area contributed by atoms with Crippen molar-refractivity contribution in [2.24, 2.45) is 5.92 Å². The molecule has 1 atom stereocenters. The van der Waals surface area contributed by atoms with E-state index in [4.69, 9.17) is 9.94 Å². The van der Waals surface area contributed by atoms with Crippen molar-refractivity contribution in [3.63, 3.8) is 0 Å². The summed E-state index contributed by atoms with van der Waals surface area (Å²) in [5, 5.41) is 8.51. The number of hydroxylamine groups is 1. The predicted molar refractivity (Wildman–Crippen MR) is 97.1 cm³/mol. The Kier molecular flexibility index (Phi) is 6.62. The van der Waals surface area contributed by atoms with E-state index >= 15 is 0 Å². The molecule has 0 bridgehead atoms. The molecule has 0 radical (unpaired) electrons. The number of nitrogens with one attached hydrogen (secondary N) is 1. The molecule has 1 aromatic carbocycles. The average Bonchev–Trinajstić information content (AvgIpc) is 3.14. The number of ether oxygens (including phenoxy) is 1. The molecular formula is C20H28N2O3. The van der Waals surface area contributed by atoms with Crippen LogP contribution in [0.4, 0.5) is 0 Å². The standard InChI is InChI=1S/C20H28N2O3/c23-20(21-24)8-5-16-3-6-18(7-4-16)19-2-1-12-22(19)13-9-17-10-14-25-15-11-17/h3-8,17,19,24H,1-2,9-15H2,(H,21,23). The fraction of sp³-hybridized carbons (Fsp3) is 0.550. The van der Waals surface area contributed by atoms with E-state index in [2.05, 4.69) is 17.0 Å². The Hall–Kier alpha value is -1.69. The summed E-state index contributed by atoms with van der Waals surface area (Å²) >= 11 is 0. The zero-order valence-corrected chi connectivity index (χ0v) is 14.7. The van der Waals surface area contributed by atoms with Crippen LogP contribution in [0.1, 0.15) is 49.3 Å². The second-order valence-corrected chi connectivity index (χ2v) is 7.01. The van der Waals surface area contributed by atoms with Crippen molar-refractivity contribution in [2.75, 3.05) is 26.3 Å². The molecule has 0 aliphatic carbocycles. The van der Waals surface area contributed by atoms with Crippen LogP contribution in [0.25, 0.3) is 6.08 Å². The molecule has 2 aliphatic heterocycles. The molecule has 0 saturated carbocycles. The number of carbonyl (C=O) groups excluding carboxylic acids is 1. The van der Waals surface area contributed by atoms with Crippen LogP contribution in [0.15, 0.2) is 30.3 Å². The van der Waals surface area contributed by atoms with Crippen LogP contribution in [-0.4, -0.2) is 42.3 Å². The second kappa shape index (κ2) is 9.13. The van der Waals surface area contributed by atoms with Gasteiger partial charge in [0.05, 0.1) is 0 Å². The van der Waals surface area contributed by atoms with Crippen LogP contribution >= 0.6 is 0 Å². The number of amides is 1. The molecule has 1 amide bonds. The monoisotopic (exact) mass is 344 g/mol. The Morgan fingerprint density at radius 2 is 2.00 bits per heavy atom. The Bertz CT molecular complexity index is 579. The van der Waals surface area contributed by atoms with Crippen LogP contribution in [0.5, 0.6) is 0 Å². The largest absolute Gasteiger partial charge is 0.381 e. The smallest absolute Gasteiger partial charge is 0.267 e. The lowest BCUT2D eigenvalue weighted by Gasteiger charge is -2.28. The summed E-state index contributed by atoms with van der Waals surface area (Å²) in [6.07, 6.45) is 9.20. The summed E-state index contributed by atoms with van der Waals surface area (Å²) in [4.78, 5) is 13.7. The van der Waals surface area contributed by atoms with Gasteiger partial charge in [0.15, 0.2) is 0 Å². The Labute approximate surface area is 149 Å². The van der Waals surface area contributed by atoms with Crippen molar-refractivity contribution < 1.29 is 14.7 Å². The van der Waals surface area contributed by atoms with Crippen molar-refractivity contribution in [3.05, 3.63) is 41.5 Å². The zero-order valence-electron chi connectivity index (χ0n) is 14.7. The summed E-state index contributed by atoms with van der Waals surface area (Å²) < 4.78 is 5.46. The zero-order chi connectivity index (χ0) is 17.5. The number of hydrogen-bond donors (Lipinski definition) is 2. The molecule has 25 heavy (non-hydrogen) atoms. The van der Waals surface area contributed by atoms with Crippen molar-refractivity contribution in [2.45, 2.75) is 38.1 Å². The molecule has 5 heteroatoms. The first-order valence-electron chi connectivity index (χ1n) is 9.30. The summed E-state index contributed by atoms with van der Waals surface area (Å²) in [6, 6.07) is 8.90. The molecule has 136 valence electrons. The molecule has 2 fully saturated rings. The molecular weight excluding hydrogens is 316 g/mol. The third kappa shape index (κ3) is 5.14. The molecule has 1 unspecified atom stereocenters. The van der Waals surface area contributed by atoms with Crippen LogP contribution in [0.3, 0.4) is 0 Å². The van der Waals surface area contributed by atoms with Gasteiger partial charge in [-0.2, -0.15) is 0 Å². The average molecular weight is 344 g/mol. The normalized spacial score (nSPS) is 22.5. The van der Waals surface area contributed by atoms with Crippen LogP contribution < -0.4 is 5.48 Å². The van der Waals surface area contributed by atoms with Gasteiger partial charge >= 0.3 is 0 Å². The minimum atomic E-state index is -0.515. The summed E-state index contributed by atoms with van der Waals surface area (Å²) in [7, 11) is 0. The van der Waals surface area contributed by atoms with E-state index < -0.39 is 5.91 Å². The maximum Gasteiger partial charge on any atom is 0.267 e. The first-order valence-corrected chi connectivity index (χ1v) is 9.30. The van der Waals surface area contributed by atoms with Crippen LogP contribution in [-0.2, 0) is 9.53 Å². The van der Waals surface area contributed by atoms with Crippen molar-refractivity contribution >= 4 is 12.0 Å². The van der Waals surface area contributed by atoms with Gasteiger partial charge in [-0.15, -0.1) is 0 Å². The fourth-order valence-electron chi connectivity index (χ4n) is 3.89. The number of carbonyl (C=O) groups is 1. The van der Waals surface area contributed by atoms with Crippen LogP contribution in [0, 0.1) is 5.92 Å². The maximum atomic E-state index is 11.0. The Morgan fingerprint density at radius 3 is 2.72 bits per heavy atom. The minimum Gasteiger partial charge on any atom is -0.381 e. The van der Waals surface area contributed by atoms with Gasteiger partial charge in [0.1, 0.15) is 0 Å². The third-order valence-electron chi connectivity index (χ3n) is 5.39. The van der Waals surface area contributed by atoms with E-state index in [1.807, 2.05) is 12.1 Å². The number of rotatable bonds is 6. The van der Waals surface area contributed by atoms with E-state index in [0.29, 0.717) is 6.04 Å². The lowest BCUT2D eigenvalue weighted by atomic mass is 9.96. The molecule has 2 N–H and O–H groups in total. The first kappa shape index (κ1) is 18.1. The summed E-state index contributed by atoms with van der Waals surface area (Å²) in [5.74, 6) is 0.305. The lowest BCUT2D eigenvalue weighted by Crippen LogP contribution is -2.27. The van der Waals surface area contributed by atoms with E-state index in [9.17, 15) is 4.79 Å². The molecule has 5 nitrogen and oxygen atoms in total. The molecule has 2 aliphatic rings. The van der Waals surface area contributed by atoms with Gasteiger partial charge in [-0.05, 0) is 68.3 Å². The van der Waals surface area contributed by atoms with Gasteiger partial charge in [0, 0.05) is 25.3 Å². The van der Waals surface area contributed by atoms with Crippen molar-refractivity contribution in [1.29, 1.82) is 0 Å². The summed E-state index contributed by atoms with van der Waals surface area (Å²) in [6.45, 7) is 4.22. The Balaban J connectivity index is 1.56. The van der Waals surface area contributed by atoms with Gasteiger partial charge in [-0.25, -0.2) is 5.48 Å². The number of likely N-dealkylation sites (tertiary alicyclic amines) is 1. The number of hydrogen-bond acceptors (Lipinski definition) is 4. The lowest BCUT2D eigenvalue weighted by molar-refractivity contribution is -0.124. The first-order chi connectivity index (χ1) is 12.3. The molecule has 2 heterocycles. The second-order valence-electron chi connectivity index (χ2n) is 7.01. The third-order valence-corrected chi connectivity index (χ3v) is 5.39. The molecule has 0 spiro atoms. The number of nitrogens with zero attached hydrogens (tertiary/aromatic N) is 1. The highest BCUT2D eigenvalue weighted by molar-refractivity contribution is 5.90. The van der Waals surface area contributed by atoms with E-state index in [1.165, 1.54) is 56.8 Å². The molecule has 1 aromatic rings. The fourth-order valence-corrected chi connectivity index (χ4v) is 3.89. The number of benzene rings is 1. The quantitative estimate of drug-likeness (QED) is 0.473. The van der Waals surface area contributed by atoms with Crippen LogP contribution in [0.2, 0.25) is 0 Å². The SMILES string of the molecule is O=C(C=Cc1ccc(C2CCCN2CCC2CCOCC2)cc1)NO. The van der Waals surface area contributed by atoms with Gasteiger partial charge in [-0.3, -0.25) is 14.9 Å². The van der Waals surface area contributed by atoms with Gasteiger partial charge in [0.25, 0.3) is 5.91 Å². The van der Waals surface area contributed by atoms with Gasteiger partial charge < -0.3 is 4.74 Å². The van der Waals surface area contributed by atoms with E-state index in [1.54, 1.807) is 11.6 Å².